The van der Waals surface area contributed by atoms with Crippen LogP contribution in [0.4, 0.5) is 0 Å². The van der Waals surface area contributed by atoms with E-state index >= 15 is 0 Å². The van der Waals surface area contributed by atoms with Crippen LogP contribution in [0.15, 0.2) is 18.6 Å². The topological polar surface area (TPSA) is 54.9 Å². The lowest BCUT2D eigenvalue weighted by atomic mass is 9.93. The number of carbonyl (C=O) groups is 1. The van der Waals surface area contributed by atoms with E-state index in [1.54, 1.807) is 12.4 Å². The van der Waals surface area contributed by atoms with Crippen LogP contribution in [-0.2, 0) is 0 Å². The van der Waals surface area contributed by atoms with Gasteiger partial charge in [-0.2, -0.15) is 0 Å². The van der Waals surface area contributed by atoms with Crippen molar-refractivity contribution in [3.63, 3.8) is 0 Å². The number of hydrogen-bond donors (Lipinski definition) is 1. The van der Waals surface area contributed by atoms with Gasteiger partial charge in [0.05, 0.1) is 11.7 Å². The van der Waals surface area contributed by atoms with Crippen molar-refractivity contribution < 1.29 is 4.79 Å². The molecule has 4 heteroatoms. The molecule has 1 atom stereocenters. The second-order valence-electron chi connectivity index (χ2n) is 3.78. The summed E-state index contributed by atoms with van der Waals surface area (Å²) in [5.41, 5.74) is 0.0140. The zero-order chi connectivity index (χ0) is 10.0. The largest absolute Gasteiger partial charge is 0.305 e. The van der Waals surface area contributed by atoms with Gasteiger partial charge in [0.2, 0.25) is 5.78 Å². The summed E-state index contributed by atoms with van der Waals surface area (Å²) < 4.78 is 0. The molecule has 2 heterocycles. The smallest absolute Gasteiger partial charge is 0.202 e. The van der Waals surface area contributed by atoms with Crippen molar-refractivity contribution in [1.82, 2.24) is 15.3 Å². The number of rotatable bonds is 2. The Morgan fingerprint density at radius 3 is 3.00 bits per heavy atom. The standard InChI is InChI=1S/C10H13N3O/c1-10(3-2-4-13-10)9(14)8-7-11-5-6-12-8/h5-7,13H,2-4H2,1H3. The molecule has 4 nitrogen and oxygen atoms in total. The van der Waals surface area contributed by atoms with E-state index in [0.29, 0.717) is 5.69 Å². The van der Waals surface area contributed by atoms with Crippen LogP contribution in [0.1, 0.15) is 30.3 Å². The predicted molar refractivity (Wildman–Crippen MR) is 52.0 cm³/mol. The van der Waals surface area contributed by atoms with E-state index in [4.69, 9.17) is 0 Å². The van der Waals surface area contributed by atoms with Crippen molar-refractivity contribution in [3.8, 4) is 0 Å². The second-order valence-corrected chi connectivity index (χ2v) is 3.78. The fraction of sp³-hybridized carbons (Fsp3) is 0.500. The lowest BCUT2D eigenvalue weighted by Crippen LogP contribution is -2.44. The van der Waals surface area contributed by atoms with Gasteiger partial charge < -0.3 is 5.32 Å². The summed E-state index contributed by atoms with van der Waals surface area (Å²) in [6.07, 6.45) is 6.56. The SMILES string of the molecule is CC1(C(=O)c2cnccn2)CCCN1. The molecule has 14 heavy (non-hydrogen) atoms. The summed E-state index contributed by atoms with van der Waals surface area (Å²) in [5.74, 6) is 0.0445. The molecule has 1 aromatic rings. The highest BCUT2D eigenvalue weighted by Gasteiger charge is 2.37. The van der Waals surface area contributed by atoms with Crippen LogP contribution in [0.3, 0.4) is 0 Å². The average molecular weight is 191 g/mol. The first kappa shape index (κ1) is 9.27. The molecule has 1 aliphatic heterocycles. The molecule has 1 N–H and O–H groups in total. The lowest BCUT2D eigenvalue weighted by molar-refractivity contribution is 0.0878. The Balaban J connectivity index is 2.24. The predicted octanol–water partition coefficient (Wildman–Crippen LogP) is 0.801. The summed E-state index contributed by atoms with van der Waals surface area (Å²) in [7, 11) is 0. The Hall–Kier alpha value is -1.29. The third-order valence-corrected chi connectivity index (χ3v) is 2.67. The van der Waals surface area contributed by atoms with Crippen molar-refractivity contribution in [2.45, 2.75) is 25.3 Å². The Morgan fingerprint density at radius 1 is 1.57 bits per heavy atom. The van der Waals surface area contributed by atoms with E-state index in [1.807, 2.05) is 6.92 Å². The van der Waals surface area contributed by atoms with Crippen LogP contribution in [0.5, 0.6) is 0 Å². The van der Waals surface area contributed by atoms with E-state index in [0.717, 1.165) is 19.4 Å². The van der Waals surface area contributed by atoms with Crippen molar-refractivity contribution in [2.75, 3.05) is 6.54 Å². The molecule has 1 unspecified atom stereocenters. The molecule has 74 valence electrons. The first-order valence-electron chi connectivity index (χ1n) is 4.78. The van der Waals surface area contributed by atoms with Gasteiger partial charge in [-0.1, -0.05) is 0 Å². The number of ketones is 1. The summed E-state index contributed by atoms with van der Waals surface area (Å²) >= 11 is 0. The summed E-state index contributed by atoms with van der Waals surface area (Å²) in [6, 6.07) is 0. The highest BCUT2D eigenvalue weighted by Crippen LogP contribution is 2.22. The molecule has 0 aliphatic carbocycles. The van der Waals surface area contributed by atoms with Gasteiger partial charge in [-0.3, -0.25) is 9.78 Å². The molecular weight excluding hydrogens is 178 g/mol. The third-order valence-electron chi connectivity index (χ3n) is 2.67. The second kappa shape index (κ2) is 3.46. The Labute approximate surface area is 82.8 Å². The number of Topliss-reactive ketones (excluding diaryl/α,β-unsaturated/α-hetero) is 1. The molecule has 0 bridgehead atoms. The fourth-order valence-corrected chi connectivity index (χ4v) is 1.79. The molecule has 0 amide bonds. The van der Waals surface area contributed by atoms with Gasteiger partial charge in [0.25, 0.3) is 0 Å². The Morgan fingerprint density at radius 2 is 2.43 bits per heavy atom. The van der Waals surface area contributed by atoms with Crippen molar-refractivity contribution in [2.24, 2.45) is 0 Å². The maximum absolute atomic E-state index is 12.0. The molecule has 0 saturated carbocycles. The first-order chi connectivity index (χ1) is 6.72. The van der Waals surface area contributed by atoms with Crippen molar-refractivity contribution in [3.05, 3.63) is 24.3 Å². The molecule has 0 aromatic carbocycles. The van der Waals surface area contributed by atoms with Crippen LogP contribution in [-0.4, -0.2) is 27.8 Å². The van der Waals surface area contributed by atoms with E-state index in [-0.39, 0.29) is 5.78 Å². The van der Waals surface area contributed by atoms with E-state index < -0.39 is 5.54 Å². The molecule has 2 rings (SSSR count). The molecule has 1 fully saturated rings. The maximum Gasteiger partial charge on any atom is 0.202 e. The molecule has 1 saturated heterocycles. The zero-order valence-electron chi connectivity index (χ0n) is 8.16. The van der Waals surface area contributed by atoms with Crippen LogP contribution >= 0.6 is 0 Å². The van der Waals surface area contributed by atoms with Crippen LogP contribution in [0.2, 0.25) is 0 Å². The molecule has 0 spiro atoms. The van der Waals surface area contributed by atoms with Gasteiger partial charge in [0, 0.05) is 12.4 Å². The lowest BCUT2D eigenvalue weighted by Gasteiger charge is -2.21. The summed E-state index contributed by atoms with van der Waals surface area (Å²) in [5, 5.41) is 3.21. The summed E-state index contributed by atoms with van der Waals surface area (Å²) in [6.45, 7) is 2.83. The Bertz CT molecular complexity index is 330. The van der Waals surface area contributed by atoms with Gasteiger partial charge in [-0.25, -0.2) is 4.98 Å². The molecule has 0 radical (unpaired) electrons. The third kappa shape index (κ3) is 1.53. The highest BCUT2D eigenvalue weighted by molar-refractivity contribution is 6.01. The van der Waals surface area contributed by atoms with Crippen molar-refractivity contribution >= 4 is 5.78 Å². The highest BCUT2D eigenvalue weighted by atomic mass is 16.1. The normalized spacial score (nSPS) is 26.4. The number of nitrogens with one attached hydrogen (secondary N) is 1. The van der Waals surface area contributed by atoms with Gasteiger partial charge in [0.15, 0.2) is 0 Å². The zero-order valence-corrected chi connectivity index (χ0v) is 8.16. The maximum atomic E-state index is 12.0. The average Bonchev–Trinajstić information content (AvgIpc) is 2.67. The van der Waals surface area contributed by atoms with Gasteiger partial charge in [0.1, 0.15) is 5.69 Å². The van der Waals surface area contributed by atoms with Gasteiger partial charge in [-0.05, 0) is 26.3 Å². The quantitative estimate of drug-likeness (QED) is 0.702. The van der Waals surface area contributed by atoms with E-state index in [9.17, 15) is 4.79 Å². The minimum absolute atomic E-state index is 0.0445. The van der Waals surface area contributed by atoms with E-state index in [1.165, 1.54) is 6.20 Å². The fourth-order valence-electron chi connectivity index (χ4n) is 1.79. The number of nitrogens with zero attached hydrogens (tertiary/aromatic N) is 2. The minimum atomic E-state index is -0.434. The molecule has 1 aliphatic rings. The van der Waals surface area contributed by atoms with Gasteiger partial charge >= 0.3 is 0 Å². The van der Waals surface area contributed by atoms with Crippen LogP contribution < -0.4 is 5.32 Å². The van der Waals surface area contributed by atoms with Crippen molar-refractivity contribution in [1.29, 1.82) is 0 Å². The molecule has 1 aromatic heterocycles. The molecular formula is C10H13N3O. The minimum Gasteiger partial charge on any atom is -0.305 e. The Kier molecular flexibility index (Phi) is 2.29. The van der Waals surface area contributed by atoms with Crippen LogP contribution in [0, 0.1) is 0 Å². The number of hydrogen-bond acceptors (Lipinski definition) is 4. The summed E-state index contributed by atoms with van der Waals surface area (Å²) in [4.78, 5) is 19.9. The monoisotopic (exact) mass is 191 g/mol. The van der Waals surface area contributed by atoms with Crippen LogP contribution in [0.25, 0.3) is 0 Å². The van der Waals surface area contributed by atoms with Gasteiger partial charge in [-0.15, -0.1) is 0 Å². The van der Waals surface area contributed by atoms with E-state index in [2.05, 4.69) is 15.3 Å². The first-order valence-corrected chi connectivity index (χ1v) is 4.78. The number of aromatic nitrogens is 2. The number of carbonyl (C=O) groups excluding carboxylic acids is 1.